The first kappa shape index (κ1) is 15.5. The number of fused-ring (bicyclic) bond motifs is 1. The Hall–Kier alpha value is -2.38. The second-order valence-electron chi connectivity index (χ2n) is 6.33. The van der Waals surface area contributed by atoms with Crippen molar-refractivity contribution in [3.05, 3.63) is 26.5 Å². The van der Waals surface area contributed by atoms with E-state index < -0.39 is 17.2 Å². The van der Waals surface area contributed by atoms with E-state index in [4.69, 9.17) is 0 Å². The number of aromatic amines is 2. The summed E-state index contributed by atoms with van der Waals surface area (Å²) in [5.41, 5.74) is -0.921. The minimum atomic E-state index is -0.639. The number of carbonyl (C=O) groups excluding carboxylic acids is 2. The van der Waals surface area contributed by atoms with Crippen LogP contribution in [0.15, 0.2) is 9.59 Å². The van der Waals surface area contributed by atoms with Gasteiger partial charge in [-0.05, 0) is 25.7 Å². The quantitative estimate of drug-likeness (QED) is 0.612. The maximum absolute atomic E-state index is 12.6. The zero-order valence-corrected chi connectivity index (χ0v) is 12.9. The molecule has 2 amide bonds. The monoisotopic (exact) mass is 320 g/mol. The van der Waals surface area contributed by atoms with Crippen LogP contribution in [0.4, 0.5) is 5.69 Å². The highest BCUT2D eigenvalue weighted by atomic mass is 16.2. The van der Waals surface area contributed by atoms with Gasteiger partial charge >= 0.3 is 5.69 Å². The Balaban J connectivity index is 1.83. The van der Waals surface area contributed by atoms with Crippen molar-refractivity contribution in [3.8, 4) is 0 Å². The van der Waals surface area contributed by atoms with Crippen molar-refractivity contribution < 1.29 is 9.59 Å². The number of amides is 2. The molecule has 2 fully saturated rings. The van der Waals surface area contributed by atoms with Gasteiger partial charge in [0.25, 0.3) is 5.56 Å². The topological polar surface area (TPSA) is 124 Å². The number of hydrogen-bond acceptors (Lipinski definition) is 4. The fourth-order valence-corrected chi connectivity index (χ4v) is 3.69. The minimum Gasteiger partial charge on any atom is -0.353 e. The third-order valence-corrected chi connectivity index (χ3v) is 4.80. The lowest BCUT2D eigenvalue weighted by atomic mass is 9.72. The molecule has 0 aromatic carbocycles. The lowest BCUT2D eigenvalue weighted by Gasteiger charge is -2.40. The van der Waals surface area contributed by atoms with Crippen molar-refractivity contribution >= 4 is 17.5 Å². The molecule has 1 aromatic heterocycles. The van der Waals surface area contributed by atoms with Crippen molar-refractivity contribution in [1.82, 2.24) is 15.3 Å². The van der Waals surface area contributed by atoms with Crippen LogP contribution in [0.2, 0.25) is 0 Å². The van der Waals surface area contributed by atoms with Gasteiger partial charge in [-0.3, -0.25) is 19.4 Å². The molecule has 3 rings (SSSR count). The summed E-state index contributed by atoms with van der Waals surface area (Å²) in [6, 6.07) is 0.0377. The van der Waals surface area contributed by atoms with Crippen LogP contribution < -0.4 is 21.9 Å². The lowest BCUT2D eigenvalue weighted by Crippen LogP contribution is -2.53. The largest absolute Gasteiger partial charge is 0.353 e. The molecule has 23 heavy (non-hydrogen) atoms. The molecule has 0 spiro atoms. The van der Waals surface area contributed by atoms with E-state index in [0.29, 0.717) is 5.69 Å². The molecule has 8 nitrogen and oxygen atoms in total. The highest BCUT2D eigenvalue weighted by molar-refractivity contribution is 5.96. The van der Waals surface area contributed by atoms with Crippen LogP contribution in [0, 0.1) is 18.8 Å². The van der Waals surface area contributed by atoms with E-state index >= 15 is 0 Å². The molecule has 3 atom stereocenters. The van der Waals surface area contributed by atoms with Crippen LogP contribution in [-0.2, 0) is 9.59 Å². The first-order chi connectivity index (χ1) is 11.0. The van der Waals surface area contributed by atoms with Gasteiger partial charge in [0.05, 0.1) is 5.92 Å². The Morgan fingerprint density at radius 3 is 2.61 bits per heavy atom. The number of H-pyrrole nitrogens is 2. The van der Waals surface area contributed by atoms with Gasteiger partial charge in [-0.25, -0.2) is 4.79 Å². The number of aryl methyl sites for hydroxylation is 1. The van der Waals surface area contributed by atoms with Gasteiger partial charge in [0.1, 0.15) is 5.69 Å². The number of nitrogens with one attached hydrogen (secondary N) is 4. The molecule has 2 aliphatic rings. The molecule has 4 N–H and O–H groups in total. The minimum absolute atomic E-state index is 0.0351. The summed E-state index contributed by atoms with van der Waals surface area (Å²) >= 11 is 0. The van der Waals surface area contributed by atoms with Gasteiger partial charge in [0.15, 0.2) is 0 Å². The highest BCUT2D eigenvalue weighted by Gasteiger charge is 2.41. The molecule has 124 valence electrons. The van der Waals surface area contributed by atoms with E-state index in [9.17, 15) is 19.2 Å². The summed E-state index contributed by atoms with van der Waals surface area (Å²) in [6.45, 7) is 1.54. The molecule has 1 aliphatic heterocycles. The molecule has 1 saturated carbocycles. The van der Waals surface area contributed by atoms with Crippen LogP contribution in [-0.4, -0.2) is 27.8 Å². The number of piperidine rings is 1. The first-order valence-electron chi connectivity index (χ1n) is 7.89. The third kappa shape index (κ3) is 3.06. The first-order valence-corrected chi connectivity index (χ1v) is 7.89. The van der Waals surface area contributed by atoms with E-state index in [-0.39, 0.29) is 35.9 Å². The predicted octanol–water partition coefficient (Wildman–Crippen LogP) is 0.00502. The third-order valence-electron chi connectivity index (χ3n) is 4.80. The van der Waals surface area contributed by atoms with Crippen molar-refractivity contribution in [2.45, 2.75) is 45.1 Å². The average molecular weight is 320 g/mol. The molecular formula is C15H20N4O4. The van der Waals surface area contributed by atoms with Crippen LogP contribution >= 0.6 is 0 Å². The maximum Gasteiger partial charge on any atom is 0.326 e. The van der Waals surface area contributed by atoms with E-state index in [1.54, 1.807) is 6.92 Å². The summed E-state index contributed by atoms with van der Waals surface area (Å²) in [5.74, 6) is -0.804. The highest BCUT2D eigenvalue weighted by Crippen LogP contribution is 2.35. The summed E-state index contributed by atoms with van der Waals surface area (Å²) in [5, 5.41) is 5.56. The van der Waals surface area contributed by atoms with E-state index in [2.05, 4.69) is 20.6 Å². The van der Waals surface area contributed by atoms with Crippen LogP contribution in [0.5, 0.6) is 0 Å². The molecule has 1 saturated heterocycles. The fourth-order valence-electron chi connectivity index (χ4n) is 3.69. The molecule has 1 aliphatic carbocycles. The van der Waals surface area contributed by atoms with Gasteiger partial charge in [-0.1, -0.05) is 12.8 Å². The standard InChI is InChI=1S/C15H20N4O4/c1-7-12(14(22)19-15(23)16-7)18-13(21)9-6-11(20)17-10-5-3-2-4-8(9)10/h8-10H,2-6H2,1H3,(H,17,20)(H,18,21)(H2,16,19,22,23). The van der Waals surface area contributed by atoms with Gasteiger partial charge in [0, 0.05) is 18.2 Å². The molecule has 0 radical (unpaired) electrons. The average Bonchev–Trinajstić information content (AvgIpc) is 2.49. The Kier molecular flexibility index (Phi) is 4.06. The SMILES string of the molecule is Cc1[nH]c(=O)[nH]c(=O)c1NC(=O)C1CC(=O)NC2CCCCC21. The van der Waals surface area contributed by atoms with Gasteiger partial charge in [-0.15, -0.1) is 0 Å². The molecular weight excluding hydrogens is 300 g/mol. The van der Waals surface area contributed by atoms with Crippen molar-refractivity contribution in [2.75, 3.05) is 5.32 Å². The summed E-state index contributed by atoms with van der Waals surface area (Å²) in [6.07, 6.45) is 4.00. The van der Waals surface area contributed by atoms with Crippen LogP contribution in [0.3, 0.4) is 0 Å². The van der Waals surface area contributed by atoms with Crippen LogP contribution in [0.1, 0.15) is 37.8 Å². The summed E-state index contributed by atoms with van der Waals surface area (Å²) < 4.78 is 0. The van der Waals surface area contributed by atoms with Gasteiger partial charge < -0.3 is 15.6 Å². The number of anilines is 1. The Morgan fingerprint density at radius 1 is 1.13 bits per heavy atom. The van der Waals surface area contributed by atoms with Crippen molar-refractivity contribution in [3.63, 3.8) is 0 Å². The molecule has 2 heterocycles. The zero-order chi connectivity index (χ0) is 16.6. The molecule has 8 heteroatoms. The number of hydrogen-bond donors (Lipinski definition) is 4. The smallest absolute Gasteiger partial charge is 0.326 e. The van der Waals surface area contributed by atoms with E-state index in [1.807, 2.05) is 0 Å². The Bertz CT molecular complexity index is 751. The van der Waals surface area contributed by atoms with Crippen LogP contribution in [0.25, 0.3) is 0 Å². The molecule has 3 unspecified atom stereocenters. The maximum atomic E-state index is 12.6. The Labute approximate surface area is 132 Å². The van der Waals surface area contributed by atoms with Crippen molar-refractivity contribution in [1.29, 1.82) is 0 Å². The van der Waals surface area contributed by atoms with Gasteiger partial charge in [-0.2, -0.15) is 0 Å². The fraction of sp³-hybridized carbons (Fsp3) is 0.600. The predicted molar refractivity (Wildman–Crippen MR) is 83.0 cm³/mol. The molecule has 0 bridgehead atoms. The summed E-state index contributed by atoms with van der Waals surface area (Å²) in [4.78, 5) is 52.1. The summed E-state index contributed by atoms with van der Waals surface area (Å²) in [7, 11) is 0. The second-order valence-corrected chi connectivity index (χ2v) is 6.33. The molecule has 1 aromatic rings. The second kappa shape index (κ2) is 6.02. The normalized spacial score (nSPS) is 27.0. The van der Waals surface area contributed by atoms with Crippen molar-refractivity contribution in [2.24, 2.45) is 11.8 Å². The number of rotatable bonds is 2. The van der Waals surface area contributed by atoms with E-state index in [0.717, 1.165) is 25.7 Å². The van der Waals surface area contributed by atoms with E-state index in [1.165, 1.54) is 0 Å². The Morgan fingerprint density at radius 2 is 1.87 bits per heavy atom. The number of carbonyl (C=O) groups is 2. The number of aromatic nitrogens is 2. The zero-order valence-electron chi connectivity index (χ0n) is 12.9. The lowest BCUT2D eigenvalue weighted by molar-refractivity contribution is -0.134. The van der Waals surface area contributed by atoms with Gasteiger partial charge in [0.2, 0.25) is 11.8 Å².